The SMILES string of the molecule is CCOc1ccc(C=CC2=Cc3c(sc(NC(=O)CCl)c3C#N)C(C)(C)C2)cc1. The van der Waals surface area contributed by atoms with Gasteiger partial charge < -0.3 is 10.1 Å². The molecule has 2 aromatic rings. The van der Waals surface area contributed by atoms with Gasteiger partial charge in [0, 0.05) is 15.9 Å². The zero-order valence-electron chi connectivity index (χ0n) is 16.7. The molecule has 0 radical (unpaired) electrons. The molecule has 0 saturated carbocycles. The van der Waals surface area contributed by atoms with Crippen molar-refractivity contribution >= 4 is 46.0 Å². The van der Waals surface area contributed by atoms with E-state index in [2.05, 4.69) is 43.5 Å². The van der Waals surface area contributed by atoms with E-state index in [1.165, 1.54) is 11.3 Å². The lowest BCUT2D eigenvalue weighted by atomic mass is 9.77. The lowest BCUT2D eigenvalue weighted by molar-refractivity contribution is -0.113. The van der Waals surface area contributed by atoms with Crippen molar-refractivity contribution in [1.82, 2.24) is 0 Å². The number of ether oxygens (including phenoxy) is 1. The normalized spacial score (nSPS) is 14.8. The second-order valence-corrected chi connectivity index (χ2v) is 8.75. The number of thiophene rings is 1. The number of nitrogens with one attached hydrogen (secondary N) is 1. The number of carbonyl (C=O) groups excluding carboxylic acids is 1. The number of alkyl halides is 1. The van der Waals surface area contributed by atoms with Crippen molar-refractivity contribution in [2.24, 2.45) is 0 Å². The molecule has 1 aromatic heterocycles. The van der Waals surface area contributed by atoms with E-state index in [0.29, 0.717) is 17.2 Å². The van der Waals surface area contributed by atoms with Crippen LogP contribution in [0.25, 0.3) is 12.2 Å². The molecule has 150 valence electrons. The Morgan fingerprint density at radius 2 is 2.07 bits per heavy atom. The number of anilines is 1. The summed E-state index contributed by atoms with van der Waals surface area (Å²) < 4.78 is 5.48. The minimum Gasteiger partial charge on any atom is -0.494 e. The summed E-state index contributed by atoms with van der Waals surface area (Å²) in [5, 5.41) is 13.0. The van der Waals surface area contributed by atoms with Gasteiger partial charge in [0.2, 0.25) is 5.91 Å². The Morgan fingerprint density at radius 3 is 2.69 bits per heavy atom. The van der Waals surface area contributed by atoms with Gasteiger partial charge in [-0.15, -0.1) is 22.9 Å². The van der Waals surface area contributed by atoms with Gasteiger partial charge in [-0.2, -0.15) is 5.26 Å². The number of amides is 1. The molecule has 29 heavy (non-hydrogen) atoms. The number of nitrogens with zero attached hydrogens (tertiary/aromatic N) is 1. The van der Waals surface area contributed by atoms with Crippen molar-refractivity contribution in [2.45, 2.75) is 32.6 Å². The minimum absolute atomic E-state index is 0.136. The average Bonchev–Trinajstić information content (AvgIpc) is 3.05. The first kappa shape index (κ1) is 21.2. The molecule has 1 N–H and O–H groups in total. The number of fused-ring (bicyclic) bond motifs is 1. The molecule has 1 heterocycles. The van der Waals surface area contributed by atoms with E-state index < -0.39 is 0 Å². The fourth-order valence-corrected chi connectivity index (χ4v) is 4.74. The van der Waals surface area contributed by atoms with E-state index in [9.17, 15) is 10.1 Å². The number of carbonyl (C=O) groups is 1. The average molecular weight is 427 g/mol. The van der Waals surface area contributed by atoms with E-state index in [0.717, 1.165) is 33.7 Å². The standard InChI is InChI=1S/C23H23ClN2O2S/c1-4-28-17-9-7-15(8-10-17)5-6-16-11-18-19(14-25)22(26-20(27)13-24)29-21(18)23(2,3)12-16/h5-11H,4,12-13H2,1-3H3,(H,26,27). The first-order valence-corrected chi connectivity index (χ1v) is 10.8. The molecule has 1 amide bonds. The summed E-state index contributed by atoms with van der Waals surface area (Å²) in [6.07, 6.45) is 7.06. The Morgan fingerprint density at radius 1 is 1.34 bits per heavy atom. The molecule has 1 aliphatic carbocycles. The Hall–Kier alpha value is -2.55. The highest BCUT2D eigenvalue weighted by atomic mass is 35.5. The van der Waals surface area contributed by atoms with Gasteiger partial charge in [-0.05, 0) is 42.7 Å². The summed E-state index contributed by atoms with van der Waals surface area (Å²) in [5.74, 6) is 0.415. The third-order valence-electron chi connectivity index (χ3n) is 4.70. The predicted octanol–water partition coefficient (Wildman–Crippen LogP) is 5.97. The highest BCUT2D eigenvalue weighted by Crippen LogP contribution is 2.47. The van der Waals surface area contributed by atoms with Gasteiger partial charge in [0.05, 0.1) is 12.2 Å². The van der Waals surface area contributed by atoms with E-state index >= 15 is 0 Å². The van der Waals surface area contributed by atoms with Crippen LogP contribution in [0.4, 0.5) is 5.00 Å². The summed E-state index contributed by atoms with van der Waals surface area (Å²) in [5.41, 5.74) is 3.48. The summed E-state index contributed by atoms with van der Waals surface area (Å²) in [6, 6.07) is 10.2. The maximum Gasteiger partial charge on any atom is 0.239 e. The Bertz CT molecular complexity index is 1010. The molecule has 0 aliphatic heterocycles. The molecule has 0 atom stereocenters. The van der Waals surface area contributed by atoms with Crippen LogP contribution in [0.5, 0.6) is 5.75 Å². The third-order valence-corrected chi connectivity index (χ3v) is 6.43. The number of halogens is 1. The van der Waals surface area contributed by atoms with Crippen LogP contribution in [-0.2, 0) is 10.2 Å². The molecule has 3 rings (SSSR count). The molecule has 4 nitrogen and oxygen atoms in total. The zero-order valence-corrected chi connectivity index (χ0v) is 18.3. The summed E-state index contributed by atoms with van der Waals surface area (Å²) in [4.78, 5) is 12.8. The van der Waals surface area contributed by atoms with Crippen LogP contribution in [-0.4, -0.2) is 18.4 Å². The molecule has 1 aromatic carbocycles. The van der Waals surface area contributed by atoms with Crippen molar-refractivity contribution in [3.05, 3.63) is 57.5 Å². The molecule has 0 fully saturated rings. The number of hydrogen-bond donors (Lipinski definition) is 1. The first-order valence-electron chi connectivity index (χ1n) is 9.42. The van der Waals surface area contributed by atoms with Crippen LogP contribution in [0.3, 0.4) is 0 Å². The van der Waals surface area contributed by atoms with E-state index in [1.807, 2.05) is 31.2 Å². The first-order chi connectivity index (χ1) is 13.9. The second kappa shape index (κ2) is 8.86. The number of allylic oxidation sites excluding steroid dienone is 2. The molecule has 0 unspecified atom stereocenters. The van der Waals surface area contributed by atoms with Gasteiger partial charge in [-0.25, -0.2) is 0 Å². The fourth-order valence-electron chi connectivity index (χ4n) is 3.42. The summed E-state index contributed by atoms with van der Waals surface area (Å²) in [6.45, 7) is 6.93. The monoisotopic (exact) mass is 426 g/mol. The molecule has 0 bridgehead atoms. The van der Waals surface area contributed by atoms with Gasteiger partial charge in [0.25, 0.3) is 0 Å². The minimum atomic E-state index is -0.306. The number of benzene rings is 1. The van der Waals surface area contributed by atoms with Crippen molar-refractivity contribution in [1.29, 1.82) is 5.26 Å². The Labute approximate surface area is 180 Å². The van der Waals surface area contributed by atoms with Gasteiger partial charge in [0.15, 0.2) is 0 Å². The lowest BCUT2D eigenvalue weighted by Crippen LogP contribution is -2.20. The van der Waals surface area contributed by atoms with E-state index in [-0.39, 0.29) is 17.2 Å². The molecular weight excluding hydrogens is 404 g/mol. The van der Waals surface area contributed by atoms with Gasteiger partial charge >= 0.3 is 0 Å². The van der Waals surface area contributed by atoms with Crippen LogP contribution in [0.1, 0.15) is 48.8 Å². The fraction of sp³-hybridized carbons (Fsp3) is 0.304. The molecular formula is C23H23ClN2O2S. The van der Waals surface area contributed by atoms with Crippen LogP contribution in [0.15, 0.2) is 35.9 Å². The topological polar surface area (TPSA) is 62.1 Å². The molecule has 0 saturated heterocycles. The quantitative estimate of drug-likeness (QED) is 0.578. The molecule has 1 aliphatic rings. The molecule has 6 heteroatoms. The van der Waals surface area contributed by atoms with Crippen molar-refractivity contribution < 1.29 is 9.53 Å². The summed E-state index contributed by atoms with van der Waals surface area (Å²) in [7, 11) is 0. The Balaban J connectivity index is 1.92. The largest absolute Gasteiger partial charge is 0.494 e. The second-order valence-electron chi connectivity index (χ2n) is 7.46. The number of hydrogen-bond acceptors (Lipinski definition) is 4. The third kappa shape index (κ3) is 4.72. The van der Waals surface area contributed by atoms with Crippen LogP contribution >= 0.6 is 22.9 Å². The van der Waals surface area contributed by atoms with Crippen molar-refractivity contribution in [2.75, 3.05) is 17.8 Å². The van der Waals surface area contributed by atoms with Crippen molar-refractivity contribution in [3.63, 3.8) is 0 Å². The van der Waals surface area contributed by atoms with Gasteiger partial charge in [0.1, 0.15) is 22.7 Å². The van der Waals surface area contributed by atoms with E-state index in [4.69, 9.17) is 16.3 Å². The number of nitriles is 1. The van der Waals surface area contributed by atoms with Gasteiger partial charge in [-0.1, -0.05) is 38.1 Å². The zero-order chi connectivity index (χ0) is 21.0. The smallest absolute Gasteiger partial charge is 0.239 e. The number of rotatable bonds is 6. The highest BCUT2D eigenvalue weighted by Gasteiger charge is 2.33. The van der Waals surface area contributed by atoms with Crippen LogP contribution in [0, 0.1) is 11.3 Å². The Kier molecular flexibility index (Phi) is 6.46. The van der Waals surface area contributed by atoms with Crippen LogP contribution in [0.2, 0.25) is 0 Å². The van der Waals surface area contributed by atoms with Gasteiger partial charge in [-0.3, -0.25) is 4.79 Å². The molecule has 0 spiro atoms. The maximum absolute atomic E-state index is 11.7. The van der Waals surface area contributed by atoms with Crippen molar-refractivity contribution in [3.8, 4) is 11.8 Å². The maximum atomic E-state index is 11.7. The predicted molar refractivity (Wildman–Crippen MR) is 121 cm³/mol. The van der Waals surface area contributed by atoms with Crippen LogP contribution < -0.4 is 10.1 Å². The van der Waals surface area contributed by atoms with E-state index in [1.54, 1.807) is 0 Å². The summed E-state index contributed by atoms with van der Waals surface area (Å²) >= 11 is 7.08. The lowest BCUT2D eigenvalue weighted by Gasteiger charge is -2.29. The highest BCUT2D eigenvalue weighted by molar-refractivity contribution is 7.17.